The molecule has 3 unspecified atom stereocenters. The third-order valence-corrected chi connectivity index (χ3v) is 4.81. The van der Waals surface area contributed by atoms with Crippen molar-refractivity contribution in [3.63, 3.8) is 0 Å². The van der Waals surface area contributed by atoms with Gasteiger partial charge in [-0.25, -0.2) is 0 Å². The van der Waals surface area contributed by atoms with Gasteiger partial charge >= 0.3 is 5.97 Å². The van der Waals surface area contributed by atoms with Crippen LogP contribution in [-0.4, -0.2) is 41.0 Å². The Kier molecular flexibility index (Phi) is 5.99. The number of nitrogens with zero attached hydrogens (tertiary/aromatic N) is 1. The fraction of sp³-hybridized carbons (Fsp3) is 0.579. The van der Waals surface area contributed by atoms with Crippen LogP contribution < -0.4 is 5.32 Å². The Labute approximate surface area is 144 Å². The number of piperidine rings is 1. The largest absolute Gasteiger partial charge is 0.481 e. The van der Waals surface area contributed by atoms with Crippen molar-refractivity contribution in [3.05, 3.63) is 29.8 Å². The highest BCUT2D eigenvalue weighted by Crippen LogP contribution is 2.26. The number of rotatable bonds is 5. The number of anilines is 1. The van der Waals surface area contributed by atoms with Crippen LogP contribution in [0.3, 0.4) is 0 Å². The third kappa shape index (κ3) is 4.35. The first-order chi connectivity index (χ1) is 11.3. The zero-order chi connectivity index (χ0) is 17.9. The second-order valence-corrected chi connectivity index (χ2v) is 7.24. The normalized spacial score (nSPS) is 23.0. The van der Waals surface area contributed by atoms with Gasteiger partial charge in [-0.2, -0.15) is 0 Å². The number of likely N-dealkylation sites (tertiary alicyclic amines) is 1. The summed E-state index contributed by atoms with van der Waals surface area (Å²) >= 11 is 0. The molecule has 2 N–H and O–H groups in total. The summed E-state index contributed by atoms with van der Waals surface area (Å²) in [6.45, 7) is 9.27. The molecule has 0 aliphatic carbocycles. The van der Waals surface area contributed by atoms with Crippen molar-refractivity contribution in [1.82, 2.24) is 4.90 Å². The molecule has 5 heteroatoms. The maximum atomic E-state index is 12.7. The summed E-state index contributed by atoms with van der Waals surface area (Å²) in [5.41, 5.74) is 1.94. The van der Waals surface area contributed by atoms with Gasteiger partial charge in [0.25, 0.3) is 0 Å². The van der Waals surface area contributed by atoms with Crippen LogP contribution >= 0.6 is 0 Å². The van der Waals surface area contributed by atoms with Crippen molar-refractivity contribution in [3.8, 4) is 0 Å². The number of amides is 1. The Bertz CT molecular complexity index is 600. The molecule has 24 heavy (non-hydrogen) atoms. The number of carboxylic acids is 1. The highest BCUT2D eigenvalue weighted by atomic mass is 16.4. The number of hydrogen-bond donors (Lipinski definition) is 2. The van der Waals surface area contributed by atoms with Gasteiger partial charge in [0, 0.05) is 18.8 Å². The van der Waals surface area contributed by atoms with Crippen LogP contribution in [0.5, 0.6) is 0 Å². The third-order valence-electron chi connectivity index (χ3n) is 4.81. The second kappa shape index (κ2) is 7.79. The minimum absolute atomic E-state index is 0.0821. The van der Waals surface area contributed by atoms with E-state index in [-0.39, 0.29) is 17.9 Å². The van der Waals surface area contributed by atoms with Gasteiger partial charge in [0.1, 0.15) is 0 Å². The minimum Gasteiger partial charge on any atom is -0.481 e. The van der Waals surface area contributed by atoms with Crippen LogP contribution in [0, 0.1) is 11.8 Å². The SMILES string of the molecule is CC1CC(C(=O)O)CN(C(C)C(=O)Nc2ccccc2C(C)C)C1. The molecule has 1 heterocycles. The Morgan fingerprint density at radius 2 is 1.88 bits per heavy atom. The van der Waals surface area contributed by atoms with E-state index in [1.54, 1.807) is 0 Å². The smallest absolute Gasteiger partial charge is 0.307 e. The minimum atomic E-state index is -0.774. The average molecular weight is 332 g/mol. The lowest BCUT2D eigenvalue weighted by Gasteiger charge is -2.37. The van der Waals surface area contributed by atoms with E-state index in [0.29, 0.717) is 18.9 Å². The van der Waals surface area contributed by atoms with Crippen LogP contribution in [0.4, 0.5) is 5.69 Å². The van der Waals surface area contributed by atoms with Crippen molar-refractivity contribution in [2.75, 3.05) is 18.4 Å². The van der Waals surface area contributed by atoms with E-state index < -0.39 is 11.9 Å². The molecule has 1 amide bonds. The van der Waals surface area contributed by atoms with E-state index in [4.69, 9.17) is 0 Å². The number of para-hydroxylation sites is 1. The maximum Gasteiger partial charge on any atom is 0.307 e. The molecule has 0 aromatic heterocycles. The van der Waals surface area contributed by atoms with Gasteiger partial charge in [-0.3, -0.25) is 14.5 Å². The monoisotopic (exact) mass is 332 g/mol. The Balaban J connectivity index is 2.08. The number of aliphatic carboxylic acids is 1. The molecule has 1 aliphatic heterocycles. The predicted molar refractivity (Wildman–Crippen MR) is 95.1 cm³/mol. The second-order valence-electron chi connectivity index (χ2n) is 7.24. The van der Waals surface area contributed by atoms with E-state index in [1.165, 1.54) is 0 Å². The van der Waals surface area contributed by atoms with Crippen LogP contribution in [0.15, 0.2) is 24.3 Å². The van der Waals surface area contributed by atoms with Crippen molar-refractivity contribution in [2.45, 2.75) is 46.1 Å². The topological polar surface area (TPSA) is 69.6 Å². The summed E-state index contributed by atoms with van der Waals surface area (Å²) in [5.74, 6) is -0.654. The van der Waals surface area contributed by atoms with Crippen molar-refractivity contribution < 1.29 is 14.7 Å². The summed E-state index contributed by atoms with van der Waals surface area (Å²) in [4.78, 5) is 26.0. The molecule has 2 rings (SSSR count). The van der Waals surface area contributed by atoms with Crippen LogP contribution in [-0.2, 0) is 9.59 Å². The van der Waals surface area contributed by atoms with E-state index in [2.05, 4.69) is 19.2 Å². The first-order valence-corrected chi connectivity index (χ1v) is 8.66. The van der Waals surface area contributed by atoms with E-state index in [0.717, 1.165) is 17.8 Å². The Morgan fingerprint density at radius 3 is 2.50 bits per heavy atom. The number of nitrogens with one attached hydrogen (secondary N) is 1. The van der Waals surface area contributed by atoms with Gasteiger partial charge in [-0.05, 0) is 36.8 Å². The van der Waals surface area contributed by atoms with E-state index in [9.17, 15) is 14.7 Å². The molecular formula is C19H28N2O3. The molecule has 5 nitrogen and oxygen atoms in total. The first-order valence-electron chi connectivity index (χ1n) is 8.66. The number of hydrogen-bond acceptors (Lipinski definition) is 3. The molecule has 1 aliphatic rings. The lowest BCUT2D eigenvalue weighted by Crippen LogP contribution is -2.50. The first kappa shape index (κ1) is 18.5. The van der Waals surface area contributed by atoms with Crippen molar-refractivity contribution in [2.24, 2.45) is 11.8 Å². The lowest BCUT2D eigenvalue weighted by molar-refractivity contribution is -0.145. The molecule has 1 fully saturated rings. The molecule has 0 spiro atoms. The molecule has 3 atom stereocenters. The summed E-state index contributed by atoms with van der Waals surface area (Å²) in [5, 5.41) is 12.3. The van der Waals surface area contributed by atoms with Gasteiger partial charge in [-0.1, -0.05) is 39.0 Å². The fourth-order valence-corrected chi connectivity index (χ4v) is 3.41. The molecule has 0 bridgehead atoms. The summed E-state index contributed by atoms with van der Waals surface area (Å²) in [7, 11) is 0. The zero-order valence-electron chi connectivity index (χ0n) is 15.0. The van der Waals surface area contributed by atoms with E-state index >= 15 is 0 Å². The Morgan fingerprint density at radius 1 is 1.21 bits per heavy atom. The number of carbonyl (C=O) groups excluding carboxylic acids is 1. The highest BCUT2D eigenvalue weighted by Gasteiger charge is 2.33. The van der Waals surface area contributed by atoms with Gasteiger partial charge in [0.05, 0.1) is 12.0 Å². The molecule has 1 aromatic rings. The van der Waals surface area contributed by atoms with Gasteiger partial charge in [0.2, 0.25) is 5.91 Å². The van der Waals surface area contributed by atoms with E-state index in [1.807, 2.05) is 43.0 Å². The predicted octanol–water partition coefficient (Wildman–Crippen LogP) is 3.18. The summed E-state index contributed by atoms with van der Waals surface area (Å²) in [6, 6.07) is 7.47. The number of carbonyl (C=O) groups is 2. The van der Waals surface area contributed by atoms with Gasteiger partial charge in [0.15, 0.2) is 0 Å². The van der Waals surface area contributed by atoms with Crippen LogP contribution in [0.1, 0.15) is 45.6 Å². The van der Waals surface area contributed by atoms with Crippen molar-refractivity contribution in [1.29, 1.82) is 0 Å². The molecule has 0 saturated carbocycles. The summed E-state index contributed by atoms with van der Waals surface area (Å²) in [6.07, 6.45) is 0.677. The lowest BCUT2D eigenvalue weighted by atomic mass is 9.89. The zero-order valence-corrected chi connectivity index (χ0v) is 15.0. The van der Waals surface area contributed by atoms with Gasteiger partial charge in [-0.15, -0.1) is 0 Å². The fourth-order valence-electron chi connectivity index (χ4n) is 3.41. The number of benzene rings is 1. The van der Waals surface area contributed by atoms with Crippen molar-refractivity contribution >= 4 is 17.6 Å². The maximum absolute atomic E-state index is 12.7. The molecule has 1 aromatic carbocycles. The Hall–Kier alpha value is -1.88. The molecule has 132 valence electrons. The quantitative estimate of drug-likeness (QED) is 0.869. The van der Waals surface area contributed by atoms with Gasteiger partial charge < -0.3 is 10.4 Å². The van der Waals surface area contributed by atoms with Crippen LogP contribution in [0.2, 0.25) is 0 Å². The standard InChI is InChI=1S/C19H28N2O3/c1-12(2)16-7-5-6-8-17(16)20-18(22)14(4)21-10-13(3)9-15(11-21)19(23)24/h5-8,12-15H,9-11H2,1-4H3,(H,20,22)(H,23,24). The highest BCUT2D eigenvalue weighted by molar-refractivity contribution is 5.95. The number of carboxylic acid groups (broad SMARTS) is 1. The molecule has 0 radical (unpaired) electrons. The molecule has 1 saturated heterocycles. The average Bonchev–Trinajstić information content (AvgIpc) is 2.53. The molecular weight excluding hydrogens is 304 g/mol. The summed E-state index contributed by atoms with van der Waals surface area (Å²) < 4.78 is 0. The van der Waals surface area contributed by atoms with Crippen LogP contribution in [0.25, 0.3) is 0 Å².